The van der Waals surface area contributed by atoms with E-state index in [9.17, 15) is 4.79 Å². The number of thiazole rings is 1. The third kappa shape index (κ3) is 4.52. The number of aromatic nitrogens is 1. The number of hydrogen-bond donors (Lipinski definition) is 1. The third-order valence-electron chi connectivity index (χ3n) is 5.27. The van der Waals surface area contributed by atoms with Gasteiger partial charge in [-0.15, -0.1) is 22.7 Å². The number of amides is 1. The van der Waals surface area contributed by atoms with E-state index >= 15 is 0 Å². The van der Waals surface area contributed by atoms with Crippen LogP contribution in [0.25, 0.3) is 9.88 Å². The first-order chi connectivity index (χ1) is 14.2. The van der Waals surface area contributed by atoms with Crippen LogP contribution in [0, 0.1) is 6.92 Å². The second-order valence-corrected chi connectivity index (χ2v) is 9.10. The summed E-state index contributed by atoms with van der Waals surface area (Å²) in [4.78, 5) is 21.8. The van der Waals surface area contributed by atoms with Crippen molar-refractivity contribution in [3.8, 4) is 15.6 Å². The maximum Gasteiger partial charge on any atom is 0.263 e. The Hall–Kier alpha value is -2.22. The van der Waals surface area contributed by atoms with Crippen LogP contribution in [0.3, 0.4) is 0 Å². The highest BCUT2D eigenvalue weighted by Crippen LogP contribution is 2.31. The summed E-state index contributed by atoms with van der Waals surface area (Å²) < 4.78 is 5.29. The highest BCUT2D eigenvalue weighted by molar-refractivity contribution is 7.22. The Morgan fingerprint density at radius 1 is 1.24 bits per heavy atom. The second-order valence-electron chi connectivity index (χ2n) is 7.15. The topological polar surface area (TPSA) is 54.5 Å². The number of aryl methyl sites for hydroxylation is 1. The molecule has 1 aromatic carbocycles. The molecule has 2 aromatic heterocycles. The molecular formula is C22H25N3O2S2. The standard InChI is InChI=1S/C22H25N3O2S2/c1-15-20(29-22(24-15)19-6-5-13-28-19)21(26)23-14-18(25-11-3-4-12-25)16-7-9-17(27-2)10-8-16/h5-10,13,18H,3-4,11-12,14H2,1-2H3,(H,23,26)/t18-/m1/s1. The number of ether oxygens (including phenoxy) is 1. The van der Waals surface area contributed by atoms with Crippen molar-refractivity contribution in [1.29, 1.82) is 0 Å². The van der Waals surface area contributed by atoms with Gasteiger partial charge in [0.1, 0.15) is 15.6 Å². The fourth-order valence-electron chi connectivity index (χ4n) is 3.72. The van der Waals surface area contributed by atoms with E-state index in [2.05, 4.69) is 27.3 Å². The molecule has 4 rings (SSSR count). The van der Waals surface area contributed by atoms with Crippen molar-refractivity contribution in [2.75, 3.05) is 26.7 Å². The predicted octanol–water partition coefficient (Wildman–Crippen LogP) is 4.76. The number of hydrogen-bond acceptors (Lipinski definition) is 6. The van der Waals surface area contributed by atoms with Crippen LogP contribution in [0.2, 0.25) is 0 Å². The van der Waals surface area contributed by atoms with Crippen molar-refractivity contribution in [2.24, 2.45) is 0 Å². The maximum absolute atomic E-state index is 12.9. The van der Waals surface area contributed by atoms with E-state index in [1.807, 2.05) is 36.6 Å². The third-order valence-corrected chi connectivity index (χ3v) is 7.47. The van der Waals surface area contributed by atoms with Gasteiger partial charge in [-0.2, -0.15) is 0 Å². The highest BCUT2D eigenvalue weighted by atomic mass is 32.1. The summed E-state index contributed by atoms with van der Waals surface area (Å²) >= 11 is 3.11. The summed E-state index contributed by atoms with van der Waals surface area (Å²) in [5.41, 5.74) is 1.99. The number of benzene rings is 1. The number of carbonyl (C=O) groups is 1. The van der Waals surface area contributed by atoms with Crippen molar-refractivity contribution in [1.82, 2.24) is 15.2 Å². The number of methoxy groups -OCH3 is 1. The van der Waals surface area contributed by atoms with E-state index in [-0.39, 0.29) is 11.9 Å². The smallest absolute Gasteiger partial charge is 0.263 e. The summed E-state index contributed by atoms with van der Waals surface area (Å²) in [7, 11) is 1.68. The molecule has 1 aliphatic heterocycles. The van der Waals surface area contributed by atoms with E-state index < -0.39 is 0 Å². The molecule has 1 aliphatic rings. The molecule has 1 saturated heterocycles. The van der Waals surface area contributed by atoms with Gasteiger partial charge >= 0.3 is 0 Å². The molecule has 3 aromatic rings. The normalized spacial score (nSPS) is 15.4. The summed E-state index contributed by atoms with van der Waals surface area (Å²) in [5, 5.41) is 6.10. The van der Waals surface area contributed by atoms with Crippen LogP contribution in [0.15, 0.2) is 41.8 Å². The largest absolute Gasteiger partial charge is 0.497 e. The lowest BCUT2D eigenvalue weighted by molar-refractivity contribution is 0.0941. The van der Waals surface area contributed by atoms with Gasteiger partial charge in [-0.05, 0) is 62.0 Å². The summed E-state index contributed by atoms with van der Waals surface area (Å²) in [6, 6.07) is 12.4. The van der Waals surface area contributed by atoms with Crippen LogP contribution in [0.4, 0.5) is 0 Å². The average molecular weight is 428 g/mol. The molecule has 5 nitrogen and oxygen atoms in total. The van der Waals surface area contributed by atoms with E-state index in [1.165, 1.54) is 29.7 Å². The zero-order valence-corrected chi connectivity index (χ0v) is 18.3. The summed E-state index contributed by atoms with van der Waals surface area (Å²) in [5.74, 6) is 0.805. The molecule has 29 heavy (non-hydrogen) atoms. The van der Waals surface area contributed by atoms with Gasteiger partial charge in [0.05, 0.1) is 23.7 Å². The molecule has 7 heteroatoms. The molecular weight excluding hydrogens is 402 g/mol. The molecule has 1 fully saturated rings. The monoisotopic (exact) mass is 427 g/mol. The molecule has 1 N–H and O–H groups in total. The fraction of sp³-hybridized carbons (Fsp3) is 0.364. The average Bonchev–Trinajstić information content (AvgIpc) is 3.50. The summed E-state index contributed by atoms with van der Waals surface area (Å²) in [6.07, 6.45) is 2.41. The minimum atomic E-state index is -0.0412. The van der Waals surface area contributed by atoms with Crippen molar-refractivity contribution < 1.29 is 9.53 Å². The van der Waals surface area contributed by atoms with Crippen LogP contribution < -0.4 is 10.1 Å². The summed E-state index contributed by atoms with van der Waals surface area (Å²) in [6.45, 7) is 4.62. The Morgan fingerprint density at radius 3 is 2.66 bits per heavy atom. The quantitative estimate of drug-likeness (QED) is 0.591. The van der Waals surface area contributed by atoms with Crippen LogP contribution in [0.5, 0.6) is 5.75 Å². The Kier molecular flexibility index (Phi) is 6.28. The number of thiophene rings is 1. The molecule has 152 valence electrons. The Labute approximate surface area is 179 Å². The zero-order valence-electron chi connectivity index (χ0n) is 16.7. The molecule has 0 radical (unpaired) electrons. The Bertz CT molecular complexity index is 945. The number of likely N-dealkylation sites (tertiary alicyclic amines) is 1. The molecule has 0 saturated carbocycles. The van der Waals surface area contributed by atoms with E-state index in [0.29, 0.717) is 11.4 Å². The Balaban J connectivity index is 1.49. The minimum absolute atomic E-state index is 0.0412. The highest BCUT2D eigenvalue weighted by Gasteiger charge is 2.25. The van der Waals surface area contributed by atoms with Crippen molar-refractivity contribution in [2.45, 2.75) is 25.8 Å². The predicted molar refractivity (Wildman–Crippen MR) is 119 cm³/mol. The Morgan fingerprint density at radius 2 is 2.00 bits per heavy atom. The molecule has 1 atom stereocenters. The molecule has 3 heterocycles. The van der Waals surface area contributed by atoms with Crippen LogP contribution in [-0.2, 0) is 0 Å². The number of carbonyl (C=O) groups excluding carboxylic acids is 1. The zero-order chi connectivity index (χ0) is 20.2. The first-order valence-corrected chi connectivity index (χ1v) is 11.5. The minimum Gasteiger partial charge on any atom is -0.497 e. The SMILES string of the molecule is COc1ccc([C@@H](CNC(=O)c2sc(-c3cccs3)nc2C)N2CCCC2)cc1. The van der Waals surface area contributed by atoms with E-state index in [4.69, 9.17) is 4.74 Å². The molecule has 0 bridgehead atoms. The van der Waals surface area contributed by atoms with Gasteiger partial charge in [0.2, 0.25) is 0 Å². The van der Waals surface area contributed by atoms with Gasteiger partial charge in [0.25, 0.3) is 5.91 Å². The van der Waals surface area contributed by atoms with Gasteiger partial charge in [0, 0.05) is 6.54 Å². The molecule has 0 spiro atoms. The maximum atomic E-state index is 12.9. The van der Waals surface area contributed by atoms with Crippen molar-refractivity contribution >= 4 is 28.6 Å². The number of rotatable bonds is 7. The van der Waals surface area contributed by atoms with Crippen molar-refractivity contribution in [3.05, 3.63) is 57.9 Å². The van der Waals surface area contributed by atoms with Gasteiger partial charge in [-0.3, -0.25) is 9.69 Å². The molecule has 0 aliphatic carbocycles. The number of nitrogens with zero attached hydrogens (tertiary/aromatic N) is 2. The van der Waals surface area contributed by atoms with Crippen LogP contribution in [0.1, 0.15) is 39.8 Å². The van der Waals surface area contributed by atoms with E-state index in [0.717, 1.165) is 34.4 Å². The lowest BCUT2D eigenvalue weighted by Gasteiger charge is -2.28. The van der Waals surface area contributed by atoms with E-state index in [1.54, 1.807) is 18.4 Å². The van der Waals surface area contributed by atoms with Gasteiger partial charge in [0.15, 0.2) is 0 Å². The fourth-order valence-corrected chi connectivity index (χ4v) is 5.50. The van der Waals surface area contributed by atoms with Gasteiger partial charge < -0.3 is 10.1 Å². The molecule has 0 unspecified atom stereocenters. The lowest BCUT2D eigenvalue weighted by atomic mass is 10.1. The van der Waals surface area contributed by atoms with Gasteiger partial charge in [-0.25, -0.2) is 4.98 Å². The first-order valence-electron chi connectivity index (χ1n) is 9.83. The first kappa shape index (κ1) is 20.1. The van der Waals surface area contributed by atoms with Crippen LogP contribution in [-0.4, -0.2) is 42.5 Å². The number of nitrogens with one attached hydrogen (secondary N) is 1. The van der Waals surface area contributed by atoms with Gasteiger partial charge in [-0.1, -0.05) is 18.2 Å². The van der Waals surface area contributed by atoms with Crippen molar-refractivity contribution in [3.63, 3.8) is 0 Å². The second kappa shape index (κ2) is 9.07. The van der Waals surface area contributed by atoms with Crippen LogP contribution >= 0.6 is 22.7 Å². The lowest BCUT2D eigenvalue weighted by Crippen LogP contribution is -2.36. The molecule has 1 amide bonds.